The van der Waals surface area contributed by atoms with Crippen LogP contribution in [-0.2, 0) is 11.3 Å². The van der Waals surface area contributed by atoms with Crippen LogP contribution in [0.1, 0.15) is 46.0 Å². The van der Waals surface area contributed by atoms with Crippen molar-refractivity contribution in [2.75, 3.05) is 25.4 Å². The number of nitrogens with zero attached hydrogens (tertiary/aromatic N) is 7. The van der Waals surface area contributed by atoms with Gasteiger partial charge in [-0.3, -0.25) is 9.69 Å². The second kappa shape index (κ2) is 12.7. The summed E-state index contributed by atoms with van der Waals surface area (Å²) < 4.78 is 23.0. The van der Waals surface area contributed by atoms with Gasteiger partial charge in [-0.05, 0) is 83.0 Å². The predicted molar refractivity (Wildman–Crippen MR) is 170 cm³/mol. The molecule has 0 aliphatic carbocycles. The van der Waals surface area contributed by atoms with Gasteiger partial charge in [-0.2, -0.15) is 10.4 Å². The van der Waals surface area contributed by atoms with E-state index in [-0.39, 0.29) is 28.9 Å². The van der Waals surface area contributed by atoms with E-state index in [1.54, 1.807) is 33.8 Å². The standard InChI is InChI=1S/C34H37FN8O2/c1-34(2,41-15-7-4-8-16-41)19-23(20-36)33(44)42-17-9-10-24(42)21-43-32-29(31(37)38-22-39-32)30(40-43)27-14-13-26(18-28(27)35)45-25-11-5-3-6-12-25/h3,5-6,11-14,18-19,22,24H,4,7-10,15-17,21H2,1-2H3,(H2,37,38,39)/b23-19+/t24-/m1/s1. The van der Waals surface area contributed by atoms with E-state index in [1.807, 2.05) is 24.3 Å². The molecule has 2 aliphatic rings. The van der Waals surface area contributed by atoms with Gasteiger partial charge in [0, 0.05) is 23.7 Å². The zero-order valence-corrected chi connectivity index (χ0v) is 25.6. The summed E-state index contributed by atoms with van der Waals surface area (Å²) >= 11 is 0. The highest BCUT2D eigenvalue weighted by Gasteiger charge is 2.34. The third-order valence-electron chi connectivity index (χ3n) is 8.77. The molecule has 45 heavy (non-hydrogen) atoms. The Morgan fingerprint density at radius 2 is 1.87 bits per heavy atom. The molecule has 2 fully saturated rings. The van der Waals surface area contributed by atoms with Gasteiger partial charge >= 0.3 is 0 Å². The zero-order chi connectivity index (χ0) is 31.6. The fourth-order valence-corrected chi connectivity index (χ4v) is 6.43. The van der Waals surface area contributed by atoms with E-state index in [1.165, 1.54) is 18.8 Å². The summed E-state index contributed by atoms with van der Waals surface area (Å²) in [5.41, 5.74) is 7.01. The van der Waals surface area contributed by atoms with Crippen LogP contribution in [0.3, 0.4) is 0 Å². The minimum Gasteiger partial charge on any atom is -0.457 e. The Labute approximate surface area is 261 Å². The number of hydrogen-bond donors (Lipinski definition) is 1. The molecule has 2 saturated heterocycles. The Hall–Kier alpha value is -4.82. The molecule has 10 nitrogen and oxygen atoms in total. The normalized spacial score (nSPS) is 17.9. The highest BCUT2D eigenvalue weighted by atomic mass is 19.1. The van der Waals surface area contributed by atoms with Gasteiger partial charge in [-0.1, -0.05) is 24.6 Å². The number of para-hydroxylation sites is 1. The number of nitrogen functional groups attached to an aromatic ring is 1. The van der Waals surface area contributed by atoms with Gasteiger partial charge in [0.2, 0.25) is 0 Å². The second-order valence-corrected chi connectivity index (χ2v) is 12.2. The van der Waals surface area contributed by atoms with Crippen LogP contribution in [0.15, 0.2) is 66.5 Å². The van der Waals surface area contributed by atoms with Crippen molar-refractivity contribution in [2.24, 2.45) is 0 Å². The molecule has 232 valence electrons. The third-order valence-corrected chi connectivity index (χ3v) is 8.77. The number of benzene rings is 2. The summed E-state index contributed by atoms with van der Waals surface area (Å²) in [7, 11) is 0. The number of aromatic nitrogens is 4. The van der Waals surface area contributed by atoms with Crippen LogP contribution < -0.4 is 10.5 Å². The molecule has 2 aromatic heterocycles. The highest BCUT2D eigenvalue weighted by Crippen LogP contribution is 2.35. The third kappa shape index (κ3) is 6.24. The molecule has 0 bridgehead atoms. The van der Waals surface area contributed by atoms with E-state index in [2.05, 4.69) is 34.8 Å². The summed E-state index contributed by atoms with van der Waals surface area (Å²) in [6.45, 7) is 6.87. The molecular formula is C34H37FN8O2. The number of nitriles is 1. The summed E-state index contributed by atoms with van der Waals surface area (Å²) in [5, 5.41) is 15.2. The average molecular weight is 609 g/mol. The lowest BCUT2D eigenvalue weighted by Crippen LogP contribution is -2.46. The van der Waals surface area contributed by atoms with Gasteiger partial charge < -0.3 is 15.4 Å². The number of anilines is 1. The number of carbonyl (C=O) groups is 1. The van der Waals surface area contributed by atoms with Gasteiger partial charge in [-0.25, -0.2) is 19.0 Å². The van der Waals surface area contributed by atoms with Crippen molar-refractivity contribution in [3.05, 3.63) is 72.3 Å². The molecule has 1 atom stereocenters. The van der Waals surface area contributed by atoms with Crippen molar-refractivity contribution in [1.29, 1.82) is 5.26 Å². The summed E-state index contributed by atoms with van der Waals surface area (Å²) in [6.07, 6.45) is 8.14. The van der Waals surface area contributed by atoms with E-state index in [9.17, 15) is 10.1 Å². The van der Waals surface area contributed by atoms with E-state index in [4.69, 9.17) is 15.6 Å². The first-order valence-corrected chi connectivity index (χ1v) is 15.4. The monoisotopic (exact) mass is 608 g/mol. The minimum atomic E-state index is -0.531. The number of rotatable bonds is 8. The van der Waals surface area contributed by atoms with Crippen molar-refractivity contribution < 1.29 is 13.9 Å². The van der Waals surface area contributed by atoms with Crippen LogP contribution in [0, 0.1) is 17.1 Å². The maximum absolute atomic E-state index is 15.6. The summed E-state index contributed by atoms with van der Waals surface area (Å²) in [5.74, 6) is 0.309. The predicted octanol–water partition coefficient (Wildman–Crippen LogP) is 5.71. The number of nitrogens with two attached hydrogens (primary N) is 1. The number of carbonyl (C=O) groups excluding carboxylic acids is 1. The summed E-state index contributed by atoms with van der Waals surface area (Å²) in [4.78, 5) is 26.5. The van der Waals surface area contributed by atoms with Crippen LogP contribution in [0.5, 0.6) is 11.5 Å². The van der Waals surface area contributed by atoms with Crippen LogP contribution in [0.25, 0.3) is 22.3 Å². The van der Waals surface area contributed by atoms with E-state index >= 15 is 4.39 Å². The molecule has 1 amide bonds. The number of hydrogen-bond acceptors (Lipinski definition) is 8. The number of piperidine rings is 1. The molecule has 0 radical (unpaired) electrons. The van der Waals surface area contributed by atoms with Crippen LogP contribution in [0.2, 0.25) is 0 Å². The Morgan fingerprint density at radius 3 is 2.60 bits per heavy atom. The van der Waals surface area contributed by atoms with Gasteiger partial charge in [0.1, 0.15) is 46.8 Å². The van der Waals surface area contributed by atoms with Gasteiger partial charge in [0.15, 0.2) is 5.65 Å². The Bertz CT molecular complexity index is 1770. The lowest BCUT2D eigenvalue weighted by atomic mass is 9.95. The van der Waals surface area contributed by atoms with E-state index in [0.29, 0.717) is 41.3 Å². The van der Waals surface area contributed by atoms with Gasteiger partial charge in [-0.15, -0.1) is 0 Å². The number of likely N-dealkylation sites (tertiary alicyclic amines) is 2. The quantitative estimate of drug-likeness (QED) is 0.199. The smallest absolute Gasteiger partial charge is 0.264 e. The molecular weight excluding hydrogens is 571 g/mol. The lowest BCUT2D eigenvalue weighted by Gasteiger charge is -2.39. The Kier molecular flexibility index (Phi) is 8.50. The van der Waals surface area contributed by atoms with E-state index in [0.717, 1.165) is 38.8 Å². The zero-order valence-electron chi connectivity index (χ0n) is 25.6. The maximum atomic E-state index is 15.6. The van der Waals surface area contributed by atoms with Gasteiger partial charge in [0.25, 0.3) is 5.91 Å². The fraction of sp³-hybridized carbons (Fsp3) is 0.382. The lowest BCUT2D eigenvalue weighted by molar-refractivity contribution is -0.127. The first kappa shape index (κ1) is 30.2. The second-order valence-electron chi connectivity index (χ2n) is 12.2. The molecule has 0 saturated carbocycles. The fourth-order valence-electron chi connectivity index (χ4n) is 6.43. The molecule has 6 rings (SSSR count). The molecule has 0 spiro atoms. The minimum absolute atomic E-state index is 0.148. The Morgan fingerprint density at radius 1 is 1.09 bits per heavy atom. The van der Waals surface area contributed by atoms with Crippen LogP contribution in [-0.4, -0.2) is 66.7 Å². The number of ether oxygens (including phenoxy) is 1. The van der Waals surface area contributed by atoms with Crippen molar-refractivity contribution in [3.63, 3.8) is 0 Å². The highest BCUT2D eigenvalue weighted by molar-refractivity contribution is 5.99. The number of fused-ring (bicyclic) bond motifs is 1. The molecule has 4 heterocycles. The largest absolute Gasteiger partial charge is 0.457 e. The number of amides is 1. The summed E-state index contributed by atoms with van der Waals surface area (Å²) in [6, 6.07) is 15.7. The van der Waals surface area contributed by atoms with Crippen molar-refractivity contribution in [1.82, 2.24) is 29.5 Å². The maximum Gasteiger partial charge on any atom is 0.264 e. The number of halogens is 1. The topological polar surface area (TPSA) is 126 Å². The van der Waals surface area contributed by atoms with Crippen LogP contribution >= 0.6 is 0 Å². The molecule has 2 N–H and O–H groups in total. The first-order valence-electron chi connectivity index (χ1n) is 15.4. The van der Waals surface area contributed by atoms with Gasteiger partial charge in [0.05, 0.1) is 18.0 Å². The SMILES string of the molecule is CC(C)(/C=C(\C#N)C(=O)N1CCC[C@@H]1Cn1nc(-c2ccc(Oc3ccccc3)cc2F)c2c(N)ncnc21)N1CCCCC1. The molecule has 0 unspecified atom stereocenters. The molecule has 2 aliphatic heterocycles. The molecule has 11 heteroatoms. The van der Waals surface area contributed by atoms with Crippen LogP contribution in [0.4, 0.5) is 10.2 Å². The Balaban J connectivity index is 1.28. The molecule has 2 aromatic carbocycles. The van der Waals surface area contributed by atoms with Crippen molar-refractivity contribution >= 4 is 22.8 Å². The average Bonchev–Trinajstić information content (AvgIpc) is 3.66. The van der Waals surface area contributed by atoms with E-state index < -0.39 is 11.4 Å². The van der Waals surface area contributed by atoms with Crippen molar-refractivity contribution in [3.8, 4) is 28.8 Å². The first-order chi connectivity index (χ1) is 21.7. The molecule has 4 aromatic rings. The van der Waals surface area contributed by atoms with Crippen molar-refractivity contribution in [2.45, 2.75) is 64.1 Å².